The smallest absolute Gasteiger partial charge is 0.458 e. The van der Waals surface area contributed by atoms with Gasteiger partial charge < -0.3 is 18.0 Å². The van der Waals surface area contributed by atoms with E-state index in [4.69, 9.17) is 18.0 Å². The SMILES string of the molecule is CCCC(OC(C)=O)[Si](OC)(OC)OC. The van der Waals surface area contributed by atoms with Crippen molar-refractivity contribution in [2.75, 3.05) is 21.3 Å². The first kappa shape index (κ1) is 14.6. The average Bonchev–Trinajstić information content (AvgIpc) is 2.21. The number of hydrogen-bond acceptors (Lipinski definition) is 5. The highest BCUT2D eigenvalue weighted by Crippen LogP contribution is 2.19. The summed E-state index contributed by atoms with van der Waals surface area (Å²) in [5.74, 6) is -0.350. The van der Waals surface area contributed by atoms with E-state index in [9.17, 15) is 4.79 Å². The van der Waals surface area contributed by atoms with Gasteiger partial charge in [0, 0.05) is 28.3 Å². The number of carbonyl (C=O) groups is 1. The molecule has 1 unspecified atom stereocenters. The normalized spacial score (nSPS) is 13.7. The van der Waals surface area contributed by atoms with Crippen LogP contribution < -0.4 is 0 Å². The van der Waals surface area contributed by atoms with Crippen molar-refractivity contribution >= 4 is 14.8 Å². The monoisotopic (exact) mass is 236 g/mol. The third-order valence-electron chi connectivity index (χ3n) is 2.11. The maximum Gasteiger partial charge on any atom is 0.543 e. The third kappa shape index (κ3) is 3.90. The van der Waals surface area contributed by atoms with Crippen molar-refractivity contribution in [2.24, 2.45) is 0 Å². The molecule has 90 valence electrons. The molecule has 0 aromatic heterocycles. The summed E-state index contributed by atoms with van der Waals surface area (Å²) in [4.78, 5) is 11.0. The van der Waals surface area contributed by atoms with E-state index in [1.54, 1.807) is 0 Å². The van der Waals surface area contributed by atoms with E-state index >= 15 is 0 Å². The maximum absolute atomic E-state index is 11.0. The minimum absolute atomic E-state index is 0.350. The lowest BCUT2D eigenvalue weighted by Gasteiger charge is -2.31. The molecule has 0 N–H and O–H groups in total. The van der Waals surface area contributed by atoms with E-state index in [0.29, 0.717) is 6.42 Å². The molecular weight excluding hydrogens is 216 g/mol. The van der Waals surface area contributed by atoms with E-state index < -0.39 is 14.5 Å². The zero-order valence-electron chi connectivity index (χ0n) is 10.0. The molecule has 1 atom stereocenters. The van der Waals surface area contributed by atoms with Crippen molar-refractivity contribution < 1.29 is 22.8 Å². The first-order chi connectivity index (χ1) is 7.06. The molecule has 0 aliphatic carbocycles. The van der Waals surface area contributed by atoms with E-state index in [2.05, 4.69) is 0 Å². The van der Waals surface area contributed by atoms with E-state index in [1.165, 1.54) is 28.3 Å². The molecule has 0 spiro atoms. The first-order valence-corrected chi connectivity index (χ1v) is 6.69. The number of hydrogen-bond donors (Lipinski definition) is 0. The zero-order chi connectivity index (χ0) is 11.9. The van der Waals surface area contributed by atoms with Gasteiger partial charge in [0.25, 0.3) is 0 Å². The Morgan fingerprint density at radius 3 is 1.93 bits per heavy atom. The topological polar surface area (TPSA) is 54.0 Å². The van der Waals surface area contributed by atoms with Crippen molar-refractivity contribution in [3.05, 3.63) is 0 Å². The van der Waals surface area contributed by atoms with Crippen molar-refractivity contribution in [1.82, 2.24) is 0 Å². The van der Waals surface area contributed by atoms with Crippen LogP contribution in [0.1, 0.15) is 26.7 Å². The van der Waals surface area contributed by atoms with Crippen molar-refractivity contribution in [3.8, 4) is 0 Å². The van der Waals surface area contributed by atoms with Crippen LogP contribution in [0.3, 0.4) is 0 Å². The first-order valence-electron chi connectivity index (χ1n) is 4.89. The molecule has 15 heavy (non-hydrogen) atoms. The Morgan fingerprint density at radius 1 is 1.20 bits per heavy atom. The fraction of sp³-hybridized carbons (Fsp3) is 0.889. The number of carbonyl (C=O) groups excluding carboxylic acids is 1. The lowest BCUT2D eigenvalue weighted by Crippen LogP contribution is -2.56. The second kappa shape index (κ2) is 6.94. The second-order valence-electron chi connectivity index (χ2n) is 3.10. The largest absolute Gasteiger partial charge is 0.543 e. The molecule has 0 saturated heterocycles. The van der Waals surface area contributed by atoms with Crippen molar-refractivity contribution in [3.63, 3.8) is 0 Å². The van der Waals surface area contributed by atoms with Crippen molar-refractivity contribution in [2.45, 2.75) is 32.4 Å². The van der Waals surface area contributed by atoms with E-state index in [0.717, 1.165) is 6.42 Å². The summed E-state index contributed by atoms with van der Waals surface area (Å²) in [6, 6.07) is 0. The molecule has 0 fully saturated rings. The van der Waals surface area contributed by atoms with Gasteiger partial charge in [-0.05, 0) is 6.42 Å². The highest BCUT2D eigenvalue weighted by Gasteiger charge is 2.49. The van der Waals surface area contributed by atoms with Crippen LogP contribution in [0.15, 0.2) is 0 Å². The predicted octanol–water partition coefficient (Wildman–Crippen LogP) is 1.14. The molecule has 0 radical (unpaired) electrons. The van der Waals surface area contributed by atoms with Gasteiger partial charge in [-0.25, -0.2) is 0 Å². The molecule has 0 aromatic carbocycles. The summed E-state index contributed by atoms with van der Waals surface area (Å²) in [6.45, 7) is 3.36. The Labute approximate surface area is 92.0 Å². The molecule has 0 bridgehead atoms. The van der Waals surface area contributed by atoms with Gasteiger partial charge in [0.15, 0.2) is 5.73 Å². The van der Waals surface area contributed by atoms with Gasteiger partial charge in [-0.1, -0.05) is 13.3 Å². The Kier molecular flexibility index (Phi) is 6.74. The van der Waals surface area contributed by atoms with Crippen LogP contribution >= 0.6 is 0 Å². The van der Waals surface area contributed by atoms with E-state index in [-0.39, 0.29) is 5.97 Å². The van der Waals surface area contributed by atoms with Crippen LogP contribution in [0.5, 0.6) is 0 Å². The molecule has 5 nitrogen and oxygen atoms in total. The van der Waals surface area contributed by atoms with Gasteiger partial charge in [0.1, 0.15) is 0 Å². The van der Waals surface area contributed by atoms with Crippen LogP contribution in [-0.2, 0) is 22.8 Å². The molecular formula is C9H20O5Si. The Morgan fingerprint density at radius 2 is 1.67 bits per heavy atom. The van der Waals surface area contributed by atoms with Gasteiger partial charge in [-0.3, -0.25) is 4.79 Å². The minimum atomic E-state index is -2.87. The van der Waals surface area contributed by atoms with Crippen LogP contribution in [-0.4, -0.2) is 41.8 Å². The highest BCUT2D eigenvalue weighted by molar-refractivity contribution is 6.62. The number of esters is 1. The molecule has 0 heterocycles. The summed E-state index contributed by atoms with van der Waals surface area (Å²) >= 11 is 0. The molecule has 0 amide bonds. The fourth-order valence-corrected chi connectivity index (χ4v) is 3.66. The van der Waals surface area contributed by atoms with Gasteiger partial charge in [-0.2, -0.15) is 0 Å². The minimum Gasteiger partial charge on any atom is -0.458 e. The number of rotatable bonds is 7. The second-order valence-corrected chi connectivity index (χ2v) is 6.18. The van der Waals surface area contributed by atoms with Gasteiger partial charge in [-0.15, -0.1) is 0 Å². The summed E-state index contributed by atoms with van der Waals surface area (Å²) in [7, 11) is 1.64. The standard InChI is InChI=1S/C9H20O5Si/c1-6-7-9(14-8(2)10)15(11-3,12-4)13-5/h9H,6-7H2,1-5H3. The molecule has 0 aromatic rings. The molecule has 0 rings (SSSR count). The Bertz CT molecular complexity index is 185. The Hall–Kier alpha value is -0.433. The Balaban J connectivity index is 4.73. The molecule has 0 saturated carbocycles. The molecule has 0 aliphatic rings. The van der Waals surface area contributed by atoms with Gasteiger partial charge in [0.2, 0.25) is 0 Å². The lowest BCUT2D eigenvalue weighted by molar-refractivity contribution is -0.146. The summed E-state index contributed by atoms with van der Waals surface area (Å²) in [6.07, 6.45) is 1.53. The van der Waals surface area contributed by atoms with Crippen molar-refractivity contribution in [1.29, 1.82) is 0 Å². The quantitative estimate of drug-likeness (QED) is 0.490. The van der Waals surface area contributed by atoms with Gasteiger partial charge in [0.05, 0.1) is 0 Å². The molecule has 0 aliphatic heterocycles. The highest BCUT2D eigenvalue weighted by atomic mass is 28.4. The molecule has 6 heteroatoms. The lowest BCUT2D eigenvalue weighted by atomic mass is 10.3. The average molecular weight is 236 g/mol. The zero-order valence-corrected chi connectivity index (χ0v) is 11.0. The van der Waals surface area contributed by atoms with Crippen LogP contribution in [0.4, 0.5) is 0 Å². The van der Waals surface area contributed by atoms with Crippen LogP contribution in [0.2, 0.25) is 0 Å². The van der Waals surface area contributed by atoms with Gasteiger partial charge >= 0.3 is 14.8 Å². The predicted molar refractivity (Wildman–Crippen MR) is 57.2 cm³/mol. The van der Waals surface area contributed by atoms with Crippen LogP contribution in [0.25, 0.3) is 0 Å². The third-order valence-corrected chi connectivity index (χ3v) is 5.01. The van der Waals surface area contributed by atoms with E-state index in [1.807, 2.05) is 6.92 Å². The fourth-order valence-electron chi connectivity index (χ4n) is 1.41. The van der Waals surface area contributed by atoms with Crippen LogP contribution in [0, 0.1) is 0 Å². The summed E-state index contributed by atoms with van der Waals surface area (Å²) in [5, 5.41) is 0. The summed E-state index contributed by atoms with van der Waals surface area (Å²) in [5.41, 5.74) is -0.431. The summed E-state index contributed by atoms with van der Waals surface area (Å²) < 4.78 is 21.0. The number of ether oxygens (including phenoxy) is 1. The maximum atomic E-state index is 11.0.